The standard InChI is InChI=1S/C10H18F3N/c1-2-4-8-7-9(8)14-6-3-5-10(11,12)13/h8-9,14H,2-7H2,1H3. The van der Waals surface area contributed by atoms with E-state index in [9.17, 15) is 13.2 Å². The number of alkyl halides is 3. The van der Waals surface area contributed by atoms with E-state index in [0.29, 0.717) is 12.6 Å². The summed E-state index contributed by atoms with van der Waals surface area (Å²) in [4.78, 5) is 0. The van der Waals surface area contributed by atoms with Crippen LogP contribution in [0.5, 0.6) is 0 Å². The molecule has 1 nitrogen and oxygen atoms in total. The average molecular weight is 209 g/mol. The van der Waals surface area contributed by atoms with Crippen molar-refractivity contribution >= 4 is 0 Å². The molecule has 4 heteroatoms. The van der Waals surface area contributed by atoms with Gasteiger partial charge in [0.2, 0.25) is 0 Å². The molecule has 0 spiro atoms. The average Bonchev–Trinajstić information content (AvgIpc) is 2.77. The molecule has 0 aliphatic heterocycles. The van der Waals surface area contributed by atoms with Crippen molar-refractivity contribution in [3.63, 3.8) is 0 Å². The molecule has 84 valence electrons. The van der Waals surface area contributed by atoms with Gasteiger partial charge in [-0.2, -0.15) is 13.2 Å². The largest absolute Gasteiger partial charge is 0.389 e. The Balaban J connectivity index is 1.91. The molecule has 0 heterocycles. The third kappa shape index (κ3) is 4.84. The maximum Gasteiger partial charge on any atom is 0.389 e. The van der Waals surface area contributed by atoms with E-state index >= 15 is 0 Å². The lowest BCUT2D eigenvalue weighted by Crippen LogP contribution is -2.21. The van der Waals surface area contributed by atoms with Crippen molar-refractivity contribution in [1.29, 1.82) is 0 Å². The first-order chi connectivity index (χ1) is 6.53. The van der Waals surface area contributed by atoms with Gasteiger partial charge < -0.3 is 5.32 Å². The van der Waals surface area contributed by atoms with Crippen LogP contribution in [0.15, 0.2) is 0 Å². The highest BCUT2D eigenvalue weighted by atomic mass is 19.4. The van der Waals surface area contributed by atoms with Crippen molar-refractivity contribution < 1.29 is 13.2 Å². The molecule has 0 aromatic rings. The van der Waals surface area contributed by atoms with Gasteiger partial charge >= 0.3 is 6.18 Å². The predicted molar refractivity (Wildman–Crippen MR) is 50.1 cm³/mol. The predicted octanol–water partition coefficient (Wildman–Crippen LogP) is 3.11. The van der Waals surface area contributed by atoms with E-state index in [1.54, 1.807) is 0 Å². The van der Waals surface area contributed by atoms with E-state index in [1.807, 2.05) is 0 Å². The molecule has 0 aromatic heterocycles. The summed E-state index contributed by atoms with van der Waals surface area (Å²) in [5, 5.41) is 3.16. The Labute approximate surface area is 83.1 Å². The Morgan fingerprint density at radius 2 is 2.07 bits per heavy atom. The Morgan fingerprint density at radius 3 is 2.64 bits per heavy atom. The summed E-state index contributed by atoms with van der Waals surface area (Å²) in [5.41, 5.74) is 0. The lowest BCUT2D eigenvalue weighted by Gasteiger charge is -2.06. The van der Waals surface area contributed by atoms with Crippen LogP contribution in [0.25, 0.3) is 0 Å². The topological polar surface area (TPSA) is 12.0 Å². The van der Waals surface area contributed by atoms with Crippen LogP contribution in [-0.2, 0) is 0 Å². The zero-order valence-electron chi connectivity index (χ0n) is 8.53. The summed E-state index contributed by atoms with van der Waals surface area (Å²) in [6, 6.07) is 0.503. The molecule has 2 unspecified atom stereocenters. The van der Waals surface area contributed by atoms with E-state index in [0.717, 1.165) is 12.3 Å². The maximum atomic E-state index is 11.8. The molecule has 2 atom stereocenters. The lowest BCUT2D eigenvalue weighted by molar-refractivity contribution is -0.135. The number of rotatable bonds is 6. The van der Waals surface area contributed by atoms with Crippen molar-refractivity contribution in [3.8, 4) is 0 Å². The molecule has 0 aromatic carbocycles. The van der Waals surface area contributed by atoms with Crippen molar-refractivity contribution in [2.45, 2.75) is 51.2 Å². The van der Waals surface area contributed by atoms with Crippen LogP contribution in [0.3, 0.4) is 0 Å². The molecule has 0 amide bonds. The first-order valence-corrected chi connectivity index (χ1v) is 5.33. The van der Waals surface area contributed by atoms with Gasteiger partial charge in [-0.15, -0.1) is 0 Å². The second kappa shape index (κ2) is 5.01. The van der Waals surface area contributed by atoms with Gasteiger partial charge in [0.1, 0.15) is 0 Å². The van der Waals surface area contributed by atoms with Gasteiger partial charge in [0.15, 0.2) is 0 Å². The van der Waals surface area contributed by atoms with Gasteiger partial charge in [-0.1, -0.05) is 13.3 Å². The maximum absolute atomic E-state index is 11.8. The van der Waals surface area contributed by atoms with Crippen LogP contribution in [0.4, 0.5) is 13.2 Å². The second-order valence-electron chi connectivity index (χ2n) is 4.06. The molecule has 1 N–H and O–H groups in total. The highest BCUT2D eigenvalue weighted by molar-refractivity contribution is 4.92. The van der Waals surface area contributed by atoms with Gasteiger partial charge in [-0.25, -0.2) is 0 Å². The Bertz CT molecular complexity index is 167. The molecule has 1 aliphatic carbocycles. The molecule has 1 fully saturated rings. The number of hydrogen-bond acceptors (Lipinski definition) is 1. The normalized spacial score (nSPS) is 26.6. The molecule has 1 saturated carbocycles. The van der Waals surface area contributed by atoms with Crippen molar-refractivity contribution in [1.82, 2.24) is 5.32 Å². The van der Waals surface area contributed by atoms with Gasteiger partial charge in [0, 0.05) is 12.5 Å². The summed E-state index contributed by atoms with van der Waals surface area (Å²) in [6.07, 6.45) is -0.916. The molecule has 1 aliphatic rings. The SMILES string of the molecule is CCCC1CC1NCCCC(F)(F)F. The van der Waals surface area contributed by atoms with Gasteiger partial charge in [0.25, 0.3) is 0 Å². The third-order valence-corrected chi connectivity index (χ3v) is 2.63. The minimum Gasteiger partial charge on any atom is -0.314 e. The van der Waals surface area contributed by atoms with E-state index in [1.165, 1.54) is 12.8 Å². The molecule has 1 rings (SSSR count). The monoisotopic (exact) mass is 209 g/mol. The summed E-state index contributed by atoms with van der Waals surface area (Å²) in [5.74, 6) is 0.728. The van der Waals surface area contributed by atoms with E-state index < -0.39 is 12.6 Å². The van der Waals surface area contributed by atoms with Crippen LogP contribution < -0.4 is 5.32 Å². The minimum atomic E-state index is -3.99. The Morgan fingerprint density at radius 1 is 1.36 bits per heavy atom. The van der Waals surface area contributed by atoms with Crippen molar-refractivity contribution in [2.75, 3.05) is 6.54 Å². The molecular formula is C10H18F3N. The quantitative estimate of drug-likeness (QED) is 0.663. The van der Waals surface area contributed by atoms with E-state index in [2.05, 4.69) is 12.2 Å². The summed E-state index contributed by atoms with van der Waals surface area (Å²) in [7, 11) is 0. The lowest BCUT2D eigenvalue weighted by atomic mass is 10.2. The van der Waals surface area contributed by atoms with E-state index in [4.69, 9.17) is 0 Å². The van der Waals surface area contributed by atoms with Crippen molar-refractivity contribution in [2.24, 2.45) is 5.92 Å². The van der Waals surface area contributed by atoms with E-state index in [-0.39, 0.29) is 6.42 Å². The molecule has 0 radical (unpaired) electrons. The highest BCUT2D eigenvalue weighted by Gasteiger charge is 2.35. The van der Waals surface area contributed by atoms with Crippen LogP contribution in [-0.4, -0.2) is 18.8 Å². The summed E-state index contributed by atoms with van der Waals surface area (Å²) < 4.78 is 35.3. The van der Waals surface area contributed by atoms with Crippen LogP contribution in [0.1, 0.15) is 39.0 Å². The molecule has 0 saturated heterocycles. The van der Waals surface area contributed by atoms with Gasteiger partial charge in [-0.05, 0) is 31.7 Å². The Hall–Kier alpha value is -0.250. The fourth-order valence-electron chi connectivity index (χ4n) is 1.76. The van der Waals surface area contributed by atoms with Crippen molar-refractivity contribution in [3.05, 3.63) is 0 Å². The zero-order valence-corrected chi connectivity index (χ0v) is 8.53. The first kappa shape index (κ1) is 11.8. The molecule has 14 heavy (non-hydrogen) atoms. The van der Waals surface area contributed by atoms with Crippen LogP contribution in [0.2, 0.25) is 0 Å². The molecule has 0 bridgehead atoms. The van der Waals surface area contributed by atoms with Crippen LogP contribution >= 0.6 is 0 Å². The molecular weight excluding hydrogens is 191 g/mol. The third-order valence-electron chi connectivity index (χ3n) is 2.63. The second-order valence-corrected chi connectivity index (χ2v) is 4.06. The highest BCUT2D eigenvalue weighted by Crippen LogP contribution is 2.34. The first-order valence-electron chi connectivity index (χ1n) is 5.33. The van der Waals surface area contributed by atoms with Gasteiger partial charge in [-0.3, -0.25) is 0 Å². The number of halogens is 3. The smallest absolute Gasteiger partial charge is 0.314 e. The number of hydrogen-bond donors (Lipinski definition) is 1. The number of nitrogens with one attached hydrogen (secondary N) is 1. The summed E-state index contributed by atoms with van der Waals surface area (Å²) in [6.45, 7) is 2.64. The fraction of sp³-hybridized carbons (Fsp3) is 1.00. The summed E-state index contributed by atoms with van der Waals surface area (Å²) >= 11 is 0. The Kier molecular flexibility index (Phi) is 4.23. The minimum absolute atomic E-state index is 0.207. The fourth-order valence-corrected chi connectivity index (χ4v) is 1.76. The van der Waals surface area contributed by atoms with Crippen LogP contribution in [0, 0.1) is 5.92 Å². The van der Waals surface area contributed by atoms with Gasteiger partial charge in [0.05, 0.1) is 0 Å². The zero-order chi connectivity index (χ0) is 10.6.